The van der Waals surface area contributed by atoms with Crippen molar-refractivity contribution in [1.82, 2.24) is 20.3 Å². The van der Waals surface area contributed by atoms with E-state index in [0.717, 1.165) is 17.0 Å². The van der Waals surface area contributed by atoms with E-state index in [1.807, 2.05) is 38.1 Å². The van der Waals surface area contributed by atoms with Crippen LogP contribution in [-0.2, 0) is 0 Å². The van der Waals surface area contributed by atoms with E-state index in [-0.39, 0.29) is 6.04 Å². The van der Waals surface area contributed by atoms with Crippen molar-refractivity contribution in [1.29, 1.82) is 0 Å². The summed E-state index contributed by atoms with van der Waals surface area (Å²) in [5.74, 6) is 0.744. The third-order valence-electron chi connectivity index (χ3n) is 2.35. The van der Waals surface area contributed by atoms with Crippen molar-refractivity contribution < 1.29 is 0 Å². The zero-order valence-electron chi connectivity index (χ0n) is 11.3. The lowest BCUT2D eigenvalue weighted by Gasteiger charge is -2.14. The van der Waals surface area contributed by atoms with Crippen molar-refractivity contribution in [2.45, 2.75) is 39.8 Å². The number of hydrogen-bond acceptors (Lipinski definition) is 3. The summed E-state index contributed by atoms with van der Waals surface area (Å²) < 4.78 is 1.76. The Kier molecular flexibility index (Phi) is 3.60. The molecular weight excluding hydrogens is 226 g/mol. The lowest BCUT2D eigenvalue weighted by atomic mass is 10.3. The minimum atomic E-state index is 0.203. The van der Waals surface area contributed by atoms with E-state index < -0.39 is 0 Å². The summed E-state index contributed by atoms with van der Waals surface area (Å²) in [6.45, 7) is 8.24. The molecule has 1 heterocycles. The minimum absolute atomic E-state index is 0.203. The zero-order chi connectivity index (χ0) is 13.1. The Balaban J connectivity index is 2.48. The van der Waals surface area contributed by atoms with Gasteiger partial charge in [0.2, 0.25) is 5.96 Å². The fourth-order valence-electron chi connectivity index (χ4n) is 1.68. The molecule has 0 radical (unpaired) electrons. The molecule has 0 bridgehead atoms. The van der Waals surface area contributed by atoms with E-state index >= 15 is 0 Å². The summed E-state index contributed by atoms with van der Waals surface area (Å²) >= 11 is 0. The van der Waals surface area contributed by atoms with Crippen LogP contribution < -0.4 is 5.32 Å². The largest absolute Gasteiger partial charge is 0.352 e. The van der Waals surface area contributed by atoms with Gasteiger partial charge in [-0.25, -0.2) is 4.99 Å². The molecule has 0 saturated heterocycles. The molecule has 18 heavy (non-hydrogen) atoms. The molecule has 0 fully saturated rings. The molecule has 0 atom stereocenters. The van der Waals surface area contributed by atoms with Gasteiger partial charge in [0, 0.05) is 12.1 Å². The molecule has 2 aromatic rings. The van der Waals surface area contributed by atoms with Gasteiger partial charge in [0.15, 0.2) is 0 Å². The van der Waals surface area contributed by atoms with Gasteiger partial charge in [0.1, 0.15) is 5.52 Å². The van der Waals surface area contributed by atoms with Gasteiger partial charge in [-0.3, -0.25) is 0 Å². The lowest BCUT2D eigenvalue weighted by molar-refractivity contribution is 0.679. The minimum Gasteiger partial charge on any atom is -0.352 e. The Morgan fingerprint density at radius 1 is 1.22 bits per heavy atom. The maximum atomic E-state index is 4.58. The maximum Gasteiger partial charge on any atom is 0.221 e. The molecule has 0 aliphatic rings. The first-order chi connectivity index (χ1) is 8.58. The van der Waals surface area contributed by atoms with Crippen LogP contribution in [0.5, 0.6) is 0 Å². The number of aromatic nitrogens is 3. The second kappa shape index (κ2) is 5.16. The molecule has 1 aromatic heterocycles. The highest BCUT2D eigenvalue weighted by Gasteiger charge is 2.11. The van der Waals surface area contributed by atoms with Crippen LogP contribution >= 0.6 is 0 Å². The zero-order valence-corrected chi connectivity index (χ0v) is 11.3. The first-order valence-corrected chi connectivity index (χ1v) is 6.23. The molecule has 1 N–H and O–H groups in total. The summed E-state index contributed by atoms with van der Waals surface area (Å²) in [6, 6.07) is 8.37. The van der Waals surface area contributed by atoms with Crippen LogP contribution in [0.25, 0.3) is 11.0 Å². The fourth-order valence-corrected chi connectivity index (χ4v) is 1.68. The van der Waals surface area contributed by atoms with Gasteiger partial charge in [-0.15, -0.1) is 5.10 Å². The third-order valence-corrected chi connectivity index (χ3v) is 2.35. The molecule has 0 unspecified atom stereocenters. The summed E-state index contributed by atoms with van der Waals surface area (Å²) in [7, 11) is 0. The average molecular weight is 245 g/mol. The molecular formula is C13H19N5. The Morgan fingerprint density at radius 3 is 2.61 bits per heavy atom. The number of benzene rings is 1. The van der Waals surface area contributed by atoms with Crippen LogP contribution in [0, 0.1) is 0 Å². The summed E-state index contributed by atoms with van der Waals surface area (Å²) in [4.78, 5) is 4.58. The van der Waals surface area contributed by atoms with Gasteiger partial charge in [0.05, 0.1) is 5.52 Å². The Labute approximate surface area is 107 Å². The Hall–Kier alpha value is -1.91. The summed E-state index contributed by atoms with van der Waals surface area (Å²) in [6.07, 6.45) is 0. The van der Waals surface area contributed by atoms with Gasteiger partial charge in [-0.05, 0) is 39.8 Å². The van der Waals surface area contributed by atoms with Crippen LogP contribution in [0.2, 0.25) is 0 Å². The van der Waals surface area contributed by atoms with Gasteiger partial charge in [-0.2, -0.15) is 4.68 Å². The number of fused-ring (bicyclic) bond motifs is 1. The highest BCUT2D eigenvalue weighted by Crippen LogP contribution is 2.09. The smallest absolute Gasteiger partial charge is 0.221 e. The summed E-state index contributed by atoms with van der Waals surface area (Å²) in [5.41, 5.74) is 1.84. The normalized spacial score (nSPS) is 12.7. The van der Waals surface area contributed by atoms with Crippen molar-refractivity contribution in [3.63, 3.8) is 0 Å². The van der Waals surface area contributed by atoms with E-state index in [1.165, 1.54) is 0 Å². The molecule has 0 aliphatic heterocycles. The second-order valence-corrected chi connectivity index (χ2v) is 4.84. The van der Waals surface area contributed by atoms with Crippen LogP contribution in [0.1, 0.15) is 27.7 Å². The summed E-state index contributed by atoms with van der Waals surface area (Å²) in [5, 5.41) is 11.6. The van der Waals surface area contributed by atoms with E-state index in [2.05, 4.69) is 34.5 Å². The van der Waals surface area contributed by atoms with Gasteiger partial charge < -0.3 is 5.32 Å². The molecule has 0 amide bonds. The van der Waals surface area contributed by atoms with Crippen LogP contribution in [0.15, 0.2) is 29.3 Å². The number of nitrogens with one attached hydrogen (secondary N) is 1. The molecule has 5 nitrogen and oxygen atoms in total. The number of aliphatic imine (C=N–C) groups is 1. The third kappa shape index (κ3) is 2.67. The van der Waals surface area contributed by atoms with E-state index in [4.69, 9.17) is 0 Å². The Bertz CT molecular complexity index is 553. The maximum absolute atomic E-state index is 4.58. The van der Waals surface area contributed by atoms with Crippen molar-refractivity contribution >= 4 is 17.0 Å². The highest BCUT2D eigenvalue weighted by molar-refractivity contribution is 5.90. The lowest BCUT2D eigenvalue weighted by Crippen LogP contribution is -2.37. The van der Waals surface area contributed by atoms with E-state index in [1.54, 1.807) is 4.68 Å². The van der Waals surface area contributed by atoms with Crippen molar-refractivity contribution in [3.8, 4) is 0 Å². The number of rotatable bonds is 2. The van der Waals surface area contributed by atoms with E-state index in [9.17, 15) is 0 Å². The molecule has 0 aliphatic carbocycles. The highest BCUT2D eigenvalue weighted by atomic mass is 15.5. The monoisotopic (exact) mass is 245 g/mol. The predicted molar refractivity (Wildman–Crippen MR) is 73.8 cm³/mol. The molecule has 0 saturated carbocycles. The second-order valence-electron chi connectivity index (χ2n) is 4.84. The quantitative estimate of drug-likeness (QED) is 0.650. The number of para-hydroxylation sites is 1. The first-order valence-electron chi connectivity index (χ1n) is 6.23. The van der Waals surface area contributed by atoms with Gasteiger partial charge in [0.25, 0.3) is 0 Å². The van der Waals surface area contributed by atoms with E-state index in [0.29, 0.717) is 6.04 Å². The SMILES string of the molecule is CC(C)N=C(NC(C)C)n1nnc2ccccc21. The fraction of sp³-hybridized carbons (Fsp3) is 0.462. The number of nitrogens with zero attached hydrogens (tertiary/aromatic N) is 4. The predicted octanol–water partition coefficient (Wildman–Crippen LogP) is 2.04. The number of hydrogen-bond donors (Lipinski definition) is 1. The average Bonchev–Trinajstić information content (AvgIpc) is 2.70. The van der Waals surface area contributed by atoms with Crippen molar-refractivity contribution in [2.75, 3.05) is 0 Å². The van der Waals surface area contributed by atoms with Crippen molar-refractivity contribution in [3.05, 3.63) is 24.3 Å². The van der Waals surface area contributed by atoms with Gasteiger partial charge in [-0.1, -0.05) is 17.3 Å². The Morgan fingerprint density at radius 2 is 1.94 bits per heavy atom. The topological polar surface area (TPSA) is 55.1 Å². The van der Waals surface area contributed by atoms with Crippen LogP contribution in [-0.4, -0.2) is 33.0 Å². The standard InChI is InChI=1S/C13H19N5/c1-9(2)14-13(15-10(3)4)18-12-8-6-5-7-11(12)16-17-18/h5-10H,1-4H3,(H,14,15). The van der Waals surface area contributed by atoms with Gasteiger partial charge >= 0.3 is 0 Å². The molecule has 0 spiro atoms. The van der Waals surface area contributed by atoms with Crippen LogP contribution in [0.3, 0.4) is 0 Å². The van der Waals surface area contributed by atoms with Crippen molar-refractivity contribution in [2.24, 2.45) is 4.99 Å². The molecule has 1 aromatic carbocycles. The molecule has 5 heteroatoms. The molecule has 2 rings (SSSR count). The first kappa shape index (κ1) is 12.5. The molecule has 96 valence electrons. The van der Waals surface area contributed by atoms with Crippen LogP contribution in [0.4, 0.5) is 0 Å².